The molecule has 1 aromatic heterocycles. The normalized spacial score (nSPS) is 18.9. The van der Waals surface area contributed by atoms with Crippen LogP contribution >= 0.6 is 0 Å². The molecule has 1 fully saturated rings. The fourth-order valence-electron chi connectivity index (χ4n) is 3.79. The summed E-state index contributed by atoms with van der Waals surface area (Å²) in [5.41, 5.74) is 1.91. The van der Waals surface area contributed by atoms with Gasteiger partial charge in [0, 0.05) is 17.0 Å². The number of hydrogen-bond donors (Lipinski definition) is 2. The molecule has 1 aliphatic rings. The van der Waals surface area contributed by atoms with Gasteiger partial charge in [0.15, 0.2) is 0 Å². The smallest absolute Gasteiger partial charge is 0.387 e. The van der Waals surface area contributed by atoms with Gasteiger partial charge in [-0.2, -0.15) is 13.2 Å². The van der Waals surface area contributed by atoms with Crippen LogP contribution in [0.5, 0.6) is 0 Å². The lowest BCUT2D eigenvalue weighted by Gasteiger charge is -2.29. The van der Waals surface area contributed by atoms with Gasteiger partial charge in [-0.1, -0.05) is 36.8 Å². The van der Waals surface area contributed by atoms with Crippen molar-refractivity contribution in [2.75, 3.05) is 6.54 Å². The molecule has 2 N–H and O–H groups in total. The van der Waals surface area contributed by atoms with Gasteiger partial charge in [0.2, 0.25) is 0 Å². The molecular formula is C22H21F3N2O. The van der Waals surface area contributed by atoms with Crippen molar-refractivity contribution in [3.8, 4) is 11.3 Å². The van der Waals surface area contributed by atoms with E-state index in [1.165, 1.54) is 12.1 Å². The van der Waals surface area contributed by atoms with Crippen molar-refractivity contribution in [1.82, 2.24) is 10.3 Å². The molecule has 3 aromatic rings. The number of aliphatic hydroxyl groups excluding tert-OH is 1. The maximum Gasteiger partial charge on any atom is 0.416 e. The minimum absolute atomic E-state index is 0.0417. The fourth-order valence-corrected chi connectivity index (χ4v) is 3.79. The van der Waals surface area contributed by atoms with E-state index in [4.69, 9.17) is 0 Å². The molecule has 4 rings (SSSR count). The molecule has 3 nitrogen and oxygen atoms in total. The van der Waals surface area contributed by atoms with Gasteiger partial charge in [-0.25, -0.2) is 4.98 Å². The molecule has 6 heteroatoms. The zero-order valence-electron chi connectivity index (χ0n) is 15.2. The Morgan fingerprint density at radius 1 is 1.04 bits per heavy atom. The van der Waals surface area contributed by atoms with Crippen molar-refractivity contribution < 1.29 is 18.3 Å². The quantitative estimate of drug-likeness (QED) is 0.659. The minimum Gasteiger partial charge on any atom is -0.387 e. The van der Waals surface area contributed by atoms with Crippen LogP contribution in [0.15, 0.2) is 54.6 Å². The van der Waals surface area contributed by atoms with E-state index in [0.29, 0.717) is 16.8 Å². The second kappa shape index (κ2) is 7.53. The van der Waals surface area contributed by atoms with Crippen molar-refractivity contribution in [3.05, 3.63) is 65.7 Å². The van der Waals surface area contributed by atoms with Gasteiger partial charge in [0.05, 0.1) is 22.9 Å². The van der Waals surface area contributed by atoms with E-state index in [0.717, 1.165) is 48.9 Å². The van der Waals surface area contributed by atoms with Gasteiger partial charge >= 0.3 is 6.18 Å². The summed E-state index contributed by atoms with van der Waals surface area (Å²) < 4.78 is 38.6. The van der Waals surface area contributed by atoms with Crippen LogP contribution in [0.25, 0.3) is 22.2 Å². The van der Waals surface area contributed by atoms with E-state index in [9.17, 15) is 18.3 Å². The second-order valence-corrected chi connectivity index (χ2v) is 7.19. The first-order valence-electron chi connectivity index (χ1n) is 9.42. The number of alkyl halides is 3. The maximum absolute atomic E-state index is 12.9. The molecule has 0 aliphatic carbocycles. The molecule has 0 amide bonds. The van der Waals surface area contributed by atoms with E-state index >= 15 is 0 Å². The minimum atomic E-state index is -4.37. The van der Waals surface area contributed by atoms with Crippen LogP contribution < -0.4 is 5.32 Å². The third-order valence-electron chi connectivity index (χ3n) is 5.30. The van der Waals surface area contributed by atoms with Crippen LogP contribution in [0.1, 0.15) is 36.5 Å². The van der Waals surface area contributed by atoms with Crippen LogP contribution in [-0.4, -0.2) is 22.7 Å². The highest BCUT2D eigenvalue weighted by Crippen LogP contribution is 2.34. The van der Waals surface area contributed by atoms with Gasteiger partial charge < -0.3 is 10.4 Å². The summed E-state index contributed by atoms with van der Waals surface area (Å²) in [5, 5.41) is 15.3. The molecule has 0 bridgehead atoms. The number of fused-ring (bicyclic) bond motifs is 1. The lowest BCUT2D eigenvalue weighted by atomic mass is 9.92. The van der Waals surface area contributed by atoms with Crippen molar-refractivity contribution in [1.29, 1.82) is 0 Å². The third-order valence-corrected chi connectivity index (χ3v) is 5.30. The molecule has 0 spiro atoms. The topological polar surface area (TPSA) is 45.2 Å². The third kappa shape index (κ3) is 3.75. The molecule has 2 aromatic carbocycles. The summed E-state index contributed by atoms with van der Waals surface area (Å²) in [6.45, 7) is 0.872. The SMILES string of the molecule is OC(c1cc(-c2ccc(C(F)(F)F)cc2)nc2ccccc12)[C@H]1CCCCN1. The van der Waals surface area contributed by atoms with Crippen molar-refractivity contribution >= 4 is 10.9 Å². The zero-order chi connectivity index (χ0) is 19.7. The Morgan fingerprint density at radius 3 is 2.46 bits per heavy atom. The number of aliphatic hydroxyl groups is 1. The van der Waals surface area contributed by atoms with E-state index in [1.807, 2.05) is 24.3 Å². The van der Waals surface area contributed by atoms with E-state index in [2.05, 4.69) is 10.3 Å². The predicted molar refractivity (Wildman–Crippen MR) is 103 cm³/mol. The van der Waals surface area contributed by atoms with Crippen molar-refractivity contribution in [2.24, 2.45) is 0 Å². The largest absolute Gasteiger partial charge is 0.416 e. The average Bonchev–Trinajstić information content (AvgIpc) is 2.72. The summed E-state index contributed by atoms with van der Waals surface area (Å²) in [5.74, 6) is 0. The van der Waals surface area contributed by atoms with Gasteiger partial charge in [0.1, 0.15) is 0 Å². The lowest BCUT2D eigenvalue weighted by molar-refractivity contribution is -0.137. The molecule has 1 aliphatic heterocycles. The Balaban J connectivity index is 1.77. The number of rotatable bonds is 3. The Morgan fingerprint density at radius 2 is 1.79 bits per heavy atom. The Kier molecular flexibility index (Phi) is 5.08. The number of para-hydroxylation sites is 1. The van der Waals surface area contributed by atoms with Crippen LogP contribution in [-0.2, 0) is 6.18 Å². The first kappa shape index (κ1) is 18.9. The number of pyridine rings is 1. The summed E-state index contributed by atoms with van der Waals surface area (Å²) in [6, 6.07) is 14.3. The first-order chi connectivity index (χ1) is 13.4. The van der Waals surface area contributed by atoms with Gasteiger partial charge in [-0.15, -0.1) is 0 Å². The van der Waals surface area contributed by atoms with Crippen LogP contribution in [0.4, 0.5) is 13.2 Å². The number of piperidine rings is 1. The Labute approximate surface area is 161 Å². The number of nitrogens with zero attached hydrogens (tertiary/aromatic N) is 1. The van der Waals surface area contributed by atoms with E-state index < -0.39 is 17.8 Å². The summed E-state index contributed by atoms with van der Waals surface area (Å²) in [7, 11) is 0. The van der Waals surface area contributed by atoms with E-state index in [-0.39, 0.29) is 6.04 Å². The summed E-state index contributed by atoms with van der Waals surface area (Å²) >= 11 is 0. The molecule has 0 saturated carbocycles. The van der Waals surface area contributed by atoms with Gasteiger partial charge in [-0.05, 0) is 49.2 Å². The van der Waals surface area contributed by atoms with Crippen LogP contribution in [0.2, 0.25) is 0 Å². The number of aromatic nitrogens is 1. The average molecular weight is 386 g/mol. The molecular weight excluding hydrogens is 365 g/mol. The van der Waals surface area contributed by atoms with Gasteiger partial charge in [-0.3, -0.25) is 0 Å². The van der Waals surface area contributed by atoms with Crippen molar-refractivity contribution in [2.45, 2.75) is 37.6 Å². The Hall–Kier alpha value is -2.44. The molecule has 2 atom stereocenters. The highest BCUT2D eigenvalue weighted by atomic mass is 19.4. The summed E-state index contributed by atoms with van der Waals surface area (Å²) in [4.78, 5) is 4.61. The monoisotopic (exact) mass is 386 g/mol. The molecule has 2 heterocycles. The highest BCUT2D eigenvalue weighted by molar-refractivity contribution is 5.85. The number of halogens is 3. The van der Waals surface area contributed by atoms with Gasteiger partial charge in [0.25, 0.3) is 0 Å². The second-order valence-electron chi connectivity index (χ2n) is 7.19. The number of nitrogens with one attached hydrogen (secondary N) is 1. The standard InChI is InChI=1S/C22H21F3N2O/c23-22(24,25)15-10-8-14(9-11-15)20-13-17(16-5-1-2-6-18(16)27-20)21(28)19-7-3-4-12-26-19/h1-2,5-6,8-11,13,19,21,26,28H,3-4,7,12H2/t19-,21?/m1/s1. The molecule has 1 saturated heterocycles. The lowest BCUT2D eigenvalue weighted by Crippen LogP contribution is -2.38. The molecule has 146 valence electrons. The highest BCUT2D eigenvalue weighted by Gasteiger charge is 2.30. The number of benzene rings is 2. The molecule has 1 unspecified atom stereocenters. The Bertz CT molecular complexity index is 964. The molecule has 0 radical (unpaired) electrons. The fraction of sp³-hybridized carbons (Fsp3) is 0.318. The predicted octanol–water partition coefficient (Wildman–Crippen LogP) is 5.10. The maximum atomic E-state index is 12.9. The summed E-state index contributed by atoms with van der Waals surface area (Å²) in [6.07, 6.45) is -2.04. The number of hydrogen-bond acceptors (Lipinski definition) is 3. The van der Waals surface area contributed by atoms with Crippen LogP contribution in [0, 0.1) is 0 Å². The molecule has 28 heavy (non-hydrogen) atoms. The van der Waals surface area contributed by atoms with Crippen molar-refractivity contribution in [3.63, 3.8) is 0 Å². The van der Waals surface area contributed by atoms with Crippen LogP contribution in [0.3, 0.4) is 0 Å². The van der Waals surface area contributed by atoms with E-state index in [1.54, 1.807) is 6.07 Å². The first-order valence-corrected chi connectivity index (χ1v) is 9.42. The zero-order valence-corrected chi connectivity index (χ0v) is 15.2.